The number of aryl methyl sites for hydroxylation is 1. The molecule has 9 heteroatoms. The molecule has 39 heavy (non-hydrogen) atoms. The van der Waals surface area contributed by atoms with Gasteiger partial charge < -0.3 is 25.4 Å². The Balaban J connectivity index is 1.76. The predicted molar refractivity (Wildman–Crippen MR) is 154 cm³/mol. The van der Waals surface area contributed by atoms with E-state index in [1.807, 2.05) is 89.2 Å². The summed E-state index contributed by atoms with van der Waals surface area (Å²) in [5.74, 6) is -0.443. The van der Waals surface area contributed by atoms with E-state index in [1.54, 1.807) is 0 Å². The Morgan fingerprint density at radius 1 is 1.13 bits per heavy atom. The Hall–Kier alpha value is -3.04. The van der Waals surface area contributed by atoms with Crippen LogP contribution in [0.1, 0.15) is 50.8 Å². The monoisotopic (exact) mass is 555 g/mol. The molecule has 0 bridgehead atoms. The van der Waals surface area contributed by atoms with Gasteiger partial charge in [-0.1, -0.05) is 74.9 Å². The molecule has 1 saturated heterocycles. The number of aliphatic hydroxyl groups is 1. The molecular formula is C30H41N3O5S. The molecule has 3 N–H and O–H groups in total. The Morgan fingerprint density at radius 2 is 1.79 bits per heavy atom. The van der Waals surface area contributed by atoms with Crippen molar-refractivity contribution in [2.45, 2.75) is 76.9 Å². The topological polar surface area (TPSA) is 108 Å². The zero-order valence-corrected chi connectivity index (χ0v) is 24.3. The van der Waals surface area contributed by atoms with Gasteiger partial charge in [-0.25, -0.2) is 4.79 Å². The van der Waals surface area contributed by atoms with Crippen LogP contribution in [0.15, 0.2) is 54.6 Å². The SMILES string of the molecule is CC[C@H](C)COC(=O)N[C@@H](Cc1ccccc1)[C@H](O)C(=O)N1CSC(C)(C)[C@H]1C(=O)NCc1ccccc1C. The summed E-state index contributed by atoms with van der Waals surface area (Å²) in [5.41, 5.74) is 2.91. The molecule has 4 atom stereocenters. The van der Waals surface area contributed by atoms with Crippen LogP contribution in [0.25, 0.3) is 0 Å². The Kier molecular flexibility index (Phi) is 10.8. The number of carbonyl (C=O) groups excluding carboxylic acids is 3. The second-order valence-corrected chi connectivity index (χ2v) is 12.3. The average molecular weight is 556 g/mol. The van der Waals surface area contributed by atoms with Crippen molar-refractivity contribution in [1.29, 1.82) is 0 Å². The second kappa shape index (κ2) is 13.8. The van der Waals surface area contributed by atoms with Gasteiger partial charge in [0.1, 0.15) is 6.04 Å². The van der Waals surface area contributed by atoms with E-state index in [0.717, 1.165) is 23.1 Å². The Labute approximate surface area is 235 Å². The van der Waals surface area contributed by atoms with Crippen molar-refractivity contribution in [2.24, 2.45) is 5.92 Å². The standard InChI is InChI=1S/C30H41N3O5S/c1-6-20(2)18-38-29(37)32-24(16-22-13-8-7-9-14-22)25(34)28(36)33-19-39-30(4,5)26(33)27(35)31-17-23-15-11-10-12-21(23)3/h7-15,20,24-26,34H,6,16-19H2,1-5H3,(H,31,35)(H,32,37)/t20-,24-,25-,26+/m0/s1. The quantitative estimate of drug-likeness (QED) is 0.386. The minimum Gasteiger partial charge on any atom is -0.449 e. The first-order valence-corrected chi connectivity index (χ1v) is 14.4. The first-order chi connectivity index (χ1) is 18.5. The molecule has 0 spiro atoms. The number of nitrogens with zero attached hydrogens (tertiary/aromatic N) is 1. The fraction of sp³-hybridized carbons (Fsp3) is 0.500. The van der Waals surface area contributed by atoms with Crippen LogP contribution in [0.4, 0.5) is 4.79 Å². The molecule has 8 nitrogen and oxygen atoms in total. The highest BCUT2D eigenvalue weighted by Crippen LogP contribution is 2.40. The van der Waals surface area contributed by atoms with E-state index in [2.05, 4.69) is 10.6 Å². The van der Waals surface area contributed by atoms with Gasteiger partial charge in [0, 0.05) is 11.3 Å². The first-order valence-electron chi connectivity index (χ1n) is 13.5. The smallest absolute Gasteiger partial charge is 0.407 e. The van der Waals surface area contributed by atoms with Crippen molar-refractivity contribution in [3.8, 4) is 0 Å². The summed E-state index contributed by atoms with van der Waals surface area (Å²) < 4.78 is 4.77. The van der Waals surface area contributed by atoms with E-state index >= 15 is 0 Å². The maximum Gasteiger partial charge on any atom is 0.407 e. The van der Waals surface area contributed by atoms with E-state index in [0.29, 0.717) is 6.54 Å². The van der Waals surface area contributed by atoms with Crippen molar-refractivity contribution >= 4 is 29.7 Å². The van der Waals surface area contributed by atoms with Crippen LogP contribution in [0.3, 0.4) is 0 Å². The van der Waals surface area contributed by atoms with Gasteiger partial charge in [0.05, 0.1) is 18.5 Å². The van der Waals surface area contributed by atoms with Crippen molar-refractivity contribution in [1.82, 2.24) is 15.5 Å². The minimum absolute atomic E-state index is 0.192. The normalized spacial score (nSPS) is 18.6. The zero-order chi connectivity index (χ0) is 28.6. The molecule has 2 aromatic carbocycles. The minimum atomic E-state index is -1.57. The number of nitrogens with one attached hydrogen (secondary N) is 2. The number of thioether (sulfide) groups is 1. The number of carbonyl (C=O) groups is 3. The molecule has 1 heterocycles. The average Bonchev–Trinajstić information content (AvgIpc) is 3.25. The molecule has 3 rings (SSSR count). The fourth-order valence-electron chi connectivity index (χ4n) is 4.48. The summed E-state index contributed by atoms with van der Waals surface area (Å²) in [4.78, 5) is 41.1. The number of hydrogen-bond acceptors (Lipinski definition) is 6. The summed E-state index contributed by atoms with van der Waals surface area (Å²) >= 11 is 1.48. The molecule has 0 unspecified atom stereocenters. The van der Waals surface area contributed by atoms with Gasteiger partial charge in [0.15, 0.2) is 6.10 Å². The van der Waals surface area contributed by atoms with Crippen molar-refractivity contribution < 1.29 is 24.2 Å². The lowest BCUT2D eigenvalue weighted by molar-refractivity contribution is -0.147. The summed E-state index contributed by atoms with van der Waals surface area (Å²) in [6.07, 6.45) is -1.17. The third kappa shape index (κ3) is 8.22. The second-order valence-electron chi connectivity index (χ2n) is 10.7. The molecule has 1 aliphatic heterocycles. The van der Waals surface area contributed by atoms with Crippen LogP contribution in [-0.2, 0) is 27.3 Å². The Morgan fingerprint density at radius 3 is 2.46 bits per heavy atom. The molecule has 1 aliphatic rings. The molecule has 0 aliphatic carbocycles. The Bertz CT molecular complexity index is 1130. The van der Waals surface area contributed by atoms with Gasteiger partial charge in [0.25, 0.3) is 5.91 Å². The predicted octanol–water partition coefficient (Wildman–Crippen LogP) is 4.04. The van der Waals surface area contributed by atoms with E-state index in [4.69, 9.17) is 4.74 Å². The summed E-state index contributed by atoms with van der Waals surface area (Å²) in [5, 5.41) is 17.0. The number of aliphatic hydroxyl groups excluding tert-OH is 1. The summed E-state index contributed by atoms with van der Waals surface area (Å²) in [7, 11) is 0. The third-order valence-corrected chi connectivity index (χ3v) is 8.60. The van der Waals surface area contributed by atoms with E-state index < -0.39 is 34.9 Å². The summed E-state index contributed by atoms with van der Waals surface area (Å²) in [6, 6.07) is 15.4. The zero-order valence-electron chi connectivity index (χ0n) is 23.5. The lowest BCUT2D eigenvalue weighted by Gasteiger charge is -2.33. The van der Waals surface area contributed by atoms with Gasteiger partial charge in [0.2, 0.25) is 5.91 Å². The molecule has 3 amide bonds. The molecule has 0 radical (unpaired) electrons. The number of hydrogen-bond donors (Lipinski definition) is 3. The van der Waals surface area contributed by atoms with E-state index in [-0.39, 0.29) is 30.7 Å². The number of ether oxygens (including phenoxy) is 1. The highest BCUT2D eigenvalue weighted by molar-refractivity contribution is 8.00. The third-order valence-electron chi connectivity index (χ3n) is 7.22. The van der Waals surface area contributed by atoms with Crippen LogP contribution in [0, 0.1) is 12.8 Å². The maximum absolute atomic E-state index is 13.7. The van der Waals surface area contributed by atoms with Gasteiger partial charge in [-0.05, 0) is 49.8 Å². The van der Waals surface area contributed by atoms with E-state index in [9.17, 15) is 19.5 Å². The lowest BCUT2D eigenvalue weighted by Crippen LogP contribution is -2.58. The molecule has 2 aromatic rings. The number of amides is 3. The van der Waals surface area contributed by atoms with Crippen molar-refractivity contribution in [3.63, 3.8) is 0 Å². The van der Waals surface area contributed by atoms with Gasteiger partial charge in [-0.2, -0.15) is 0 Å². The van der Waals surface area contributed by atoms with Gasteiger partial charge in [-0.15, -0.1) is 11.8 Å². The number of benzene rings is 2. The molecule has 1 fully saturated rings. The van der Waals surface area contributed by atoms with Crippen molar-refractivity contribution in [2.75, 3.05) is 12.5 Å². The van der Waals surface area contributed by atoms with Gasteiger partial charge >= 0.3 is 6.09 Å². The van der Waals surface area contributed by atoms with Crippen LogP contribution in [0.2, 0.25) is 0 Å². The van der Waals surface area contributed by atoms with Crippen molar-refractivity contribution in [3.05, 3.63) is 71.3 Å². The first kappa shape index (κ1) is 30.5. The largest absolute Gasteiger partial charge is 0.449 e. The van der Waals surface area contributed by atoms with Crippen LogP contribution in [-0.4, -0.2) is 63.3 Å². The molecule has 212 valence electrons. The summed E-state index contributed by atoms with van der Waals surface area (Å²) in [6.45, 7) is 10.4. The molecule has 0 aromatic heterocycles. The van der Waals surface area contributed by atoms with Crippen LogP contribution in [0.5, 0.6) is 0 Å². The van der Waals surface area contributed by atoms with E-state index in [1.165, 1.54) is 16.7 Å². The van der Waals surface area contributed by atoms with Crippen LogP contribution < -0.4 is 10.6 Å². The molecule has 0 saturated carbocycles. The highest BCUT2D eigenvalue weighted by Gasteiger charge is 2.49. The highest BCUT2D eigenvalue weighted by atomic mass is 32.2. The molecular weight excluding hydrogens is 514 g/mol. The number of alkyl carbamates (subject to hydrolysis) is 1. The van der Waals surface area contributed by atoms with Crippen LogP contribution >= 0.6 is 11.8 Å². The van der Waals surface area contributed by atoms with Gasteiger partial charge in [-0.3, -0.25) is 9.59 Å². The maximum atomic E-state index is 13.7. The number of rotatable bonds is 11. The fourth-order valence-corrected chi connectivity index (χ4v) is 5.62. The lowest BCUT2D eigenvalue weighted by atomic mass is 9.97.